The van der Waals surface area contributed by atoms with Gasteiger partial charge in [0.2, 0.25) is 0 Å². The third-order valence-corrected chi connectivity index (χ3v) is 3.53. The highest BCUT2D eigenvalue weighted by Crippen LogP contribution is 2.25. The van der Waals surface area contributed by atoms with Crippen LogP contribution in [0.15, 0.2) is 48.5 Å². The van der Waals surface area contributed by atoms with Crippen LogP contribution in [-0.4, -0.2) is 0 Å². The number of rotatable bonds is 3. The summed E-state index contributed by atoms with van der Waals surface area (Å²) in [4.78, 5) is 0. The predicted molar refractivity (Wildman–Crippen MR) is 80.9 cm³/mol. The maximum atomic E-state index is 6.38. The molecule has 100 valence electrons. The van der Waals surface area contributed by atoms with Crippen LogP contribution in [0.5, 0.6) is 0 Å². The molecule has 0 saturated carbocycles. The first-order valence-corrected chi connectivity index (χ1v) is 6.66. The molecule has 2 heteroatoms. The highest BCUT2D eigenvalue weighted by atomic mass is 15.0. The second-order valence-electron chi connectivity index (χ2n) is 5.52. The number of benzene rings is 2. The summed E-state index contributed by atoms with van der Waals surface area (Å²) in [5, 5.41) is 0. The van der Waals surface area contributed by atoms with Gasteiger partial charge in [0.25, 0.3) is 0 Å². The maximum Gasteiger partial charge on any atom is 0.116 e. The largest absolute Gasteiger partial charge is 0.306 e. The molecule has 0 aliphatic heterocycles. The molecular formula is C17H22N2. The summed E-state index contributed by atoms with van der Waals surface area (Å²) in [5.41, 5.74) is 16.1. The Labute approximate surface area is 115 Å². The highest BCUT2D eigenvalue weighted by Gasteiger charge is 2.24. The van der Waals surface area contributed by atoms with Crippen LogP contribution in [0.4, 0.5) is 0 Å². The lowest BCUT2D eigenvalue weighted by atomic mass is 9.89. The van der Waals surface area contributed by atoms with E-state index in [0.717, 1.165) is 16.7 Å². The molecule has 0 bridgehead atoms. The van der Waals surface area contributed by atoms with Gasteiger partial charge in [0.05, 0.1) is 0 Å². The Balaban J connectivity index is 2.47. The van der Waals surface area contributed by atoms with Crippen molar-refractivity contribution in [3.8, 4) is 0 Å². The van der Waals surface area contributed by atoms with Crippen LogP contribution in [0.25, 0.3) is 0 Å². The van der Waals surface area contributed by atoms with Crippen molar-refractivity contribution in [3.05, 3.63) is 70.8 Å². The van der Waals surface area contributed by atoms with Gasteiger partial charge in [-0.1, -0.05) is 67.9 Å². The number of hydrogen-bond acceptors (Lipinski definition) is 2. The second-order valence-corrected chi connectivity index (χ2v) is 5.52. The maximum absolute atomic E-state index is 6.38. The molecule has 19 heavy (non-hydrogen) atoms. The molecule has 0 aliphatic carbocycles. The molecule has 0 aliphatic rings. The van der Waals surface area contributed by atoms with E-state index in [4.69, 9.17) is 11.5 Å². The van der Waals surface area contributed by atoms with Crippen LogP contribution >= 0.6 is 0 Å². The van der Waals surface area contributed by atoms with Gasteiger partial charge in [0, 0.05) is 0 Å². The molecule has 0 radical (unpaired) electrons. The van der Waals surface area contributed by atoms with E-state index in [1.54, 1.807) is 0 Å². The van der Waals surface area contributed by atoms with Gasteiger partial charge in [0.15, 0.2) is 0 Å². The van der Waals surface area contributed by atoms with Crippen LogP contribution in [0, 0.1) is 6.92 Å². The zero-order chi connectivity index (χ0) is 14.0. The molecule has 0 fully saturated rings. The first-order valence-electron chi connectivity index (χ1n) is 6.66. The van der Waals surface area contributed by atoms with E-state index in [2.05, 4.69) is 26.0 Å². The standard InChI is InChI=1S/C17H22N2/c1-12(2)14-7-5-9-16(11-14)17(18,19)15-8-4-6-13(3)10-15/h4-12H,18-19H2,1-3H3. The van der Waals surface area contributed by atoms with E-state index < -0.39 is 5.66 Å². The molecule has 0 unspecified atom stereocenters. The molecule has 2 rings (SSSR count). The van der Waals surface area contributed by atoms with E-state index in [0.29, 0.717) is 5.92 Å². The van der Waals surface area contributed by atoms with Crippen molar-refractivity contribution in [3.63, 3.8) is 0 Å². The van der Waals surface area contributed by atoms with Crippen LogP contribution in [0.3, 0.4) is 0 Å². The lowest BCUT2D eigenvalue weighted by Gasteiger charge is -2.27. The Hall–Kier alpha value is -1.64. The van der Waals surface area contributed by atoms with Gasteiger partial charge in [-0.05, 0) is 29.5 Å². The molecule has 2 aromatic carbocycles. The van der Waals surface area contributed by atoms with Gasteiger partial charge in [-0.25, -0.2) is 0 Å². The Bertz CT molecular complexity index is 571. The third kappa shape index (κ3) is 2.86. The van der Waals surface area contributed by atoms with E-state index in [9.17, 15) is 0 Å². The summed E-state index contributed by atoms with van der Waals surface area (Å²) >= 11 is 0. The summed E-state index contributed by atoms with van der Waals surface area (Å²) in [6, 6.07) is 16.3. The smallest absolute Gasteiger partial charge is 0.116 e. The van der Waals surface area contributed by atoms with E-state index >= 15 is 0 Å². The van der Waals surface area contributed by atoms with Crippen LogP contribution in [-0.2, 0) is 5.66 Å². The summed E-state index contributed by atoms with van der Waals surface area (Å²) in [6.07, 6.45) is 0. The van der Waals surface area contributed by atoms with Crippen molar-refractivity contribution in [1.29, 1.82) is 0 Å². The first-order chi connectivity index (χ1) is 8.91. The van der Waals surface area contributed by atoms with Gasteiger partial charge in [-0.3, -0.25) is 0 Å². The minimum atomic E-state index is -0.948. The normalized spacial score (nSPS) is 11.9. The quantitative estimate of drug-likeness (QED) is 0.826. The molecule has 0 saturated heterocycles. The minimum Gasteiger partial charge on any atom is -0.306 e. The Morgan fingerprint density at radius 2 is 1.47 bits per heavy atom. The van der Waals surface area contributed by atoms with Crippen LogP contribution in [0.2, 0.25) is 0 Å². The third-order valence-electron chi connectivity index (χ3n) is 3.53. The molecular weight excluding hydrogens is 232 g/mol. The number of nitrogens with two attached hydrogens (primary N) is 2. The summed E-state index contributed by atoms with van der Waals surface area (Å²) in [7, 11) is 0. The lowest BCUT2D eigenvalue weighted by molar-refractivity contribution is 0.566. The van der Waals surface area contributed by atoms with Crippen molar-refractivity contribution in [2.45, 2.75) is 32.4 Å². The summed E-state index contributed by atoms with van der Waals surface area (Å²) in [5.74, 6) is 0.466. The Morgan fingerprint density at radius 1 is 0.895 bits per heavy atom. The van der Waals surface area contributed by atoms with Gasteiger partial charge in [-0.2, -0.15) is 0 Å². The monoisotopic (exact) mass is 254 g/mol. The lowest BCUT2D eigenvalue weighted by Crippen LogP contribution is -2.47. The fourth-order valence-corrected chi connectivity index (χ4v) is 2.22. The van der Waals surface area contributed by atoms with Crippen LogP contribution < -0.4 is 11.5 Å². The fourth-order valence-electron chi connectivity index (χ4n) is 2.22. The predicted octanol–water partition coefficient (Wildman–Crippen LogP) is 3.24. The minimum absolute atomic E-state index is 0.466. The molecule has 2 aromatic rings. The second kappa shape index (κ2) is 5.16. The molecule has 0 spiro atoms. The summed E-state index contributed by atoms with van der Waals surface area (Å²) in [6.45, 7) is 6.38. The fraction of sp³-hybridized carbons (Fsp3) is 0.294. The summed E-state index contributed by atoms with van der Waals surface area (Å²) < 4.78 is 0. The molecule has 0 heterocycles. The van der Waals surface area contributed by atoms with Gasteiger partial charge < -0.3 is 11.5 Å². The van der Waals surface area contributed by atoms with Crippen molar-refractivity contribution in [2.24, 2.45) is 11.5 Å². The SMILES string of the molecule is Cc1cccc(C(N)(N)c2cccc(C(C)C)c2)c1. The van der Waals surface area contributed by atoms with Crippen molar-refractivity contribution < 1.29 is 0 Å². The van der Waals surface area contributed by atoms with E-state index in [1.165, 1.54) is 5.56 Å². The molecule has 0 aromatic heterocycles. The van der Waals surface area contributed by atoms with Gasteiger partial charge in [-0.15, -0.1) is 0 Å². The van der Waals surface area contributed by atoms with E-state index in [-0.39, 0.29) is 0 Å². The Morgan fingerprint density at radius 3 is 2.05 bits per heavy atom. The molecule has 0 atom stereocenters. The van der Waals surface area contributed by atoms with E-state index in [1.807, 2.05) is 43.3 Å². The molecule has 0 amide bonds. The topological polar surface area (TPSA) is 52.0 Å². The van der Waals surface area contributed by atoms with Gasteiger partial charge >= 0.3 is 0 Å². The number of aryl methyl sites for hydroxylation is 1. The van der Waals surface area contributed by atoms with Crippen molar-refractivity contribution >= 4 is 0 Å². The van der Waals surface area contributed by atoms with Crippen LogP contribution in [0.1, 0.15) is 42.0 Å². The van der Waals surface area contributed by atoms with Crippen molar-refractivity contribution in [1.82, 2.24) is 0 Å². The first kappa shape index (κ1) is 13.8. The zero-order valence-corrected chi connectivity index (χ0v) is 11.9. The average Bonchev–Trinajstić information content (AvgIpc) is 2.39. The molecule has 4 N–H and O–H groups in total. The van der Waals surface area contributed by atoms with Crippen molar-refractivity contribution in [2.75, 3.05) is 0 Å². The number of hydrogen-bond donors (Lipinski definition) is 2. The van der Waals surface area contributed by atoms with Gasteiger partial charge in [0.1, 0.15) is 5.66 Å². The highest BCUT2D eigenvalue weighted by molar-refractivity contribution is 5.40. The average molecular weight is 254 g/mol. The zero-order valence-electron chi connectivity index (χ0n) is 11.9. The molecule has 2 nitrogen and oxygen atoms in total. The Kier molecular flexibility index (Phi) is 3.74.